The number of pyridine rings is 1. The van der Waals surface area contributed by atoms with Crippen LogP contribution in [0, 0.1) is 0 Å². The average Bonchev–Trinajstić information content (AvgIpc) is 3.19. The SMILES string of the molecule is O=C(N1C=CSC(CC2=CC=CCC2)=C1)N1CCC(c2cccnc2)C1. The Bertz CT molecular complexity index is 782. The summed E-state index contributed by atoms with van der Waals surface area (Å²) in [7, 11) is 0. The number of hydrogen-bond acceptors (Lipinski definition) is 3. The third-order valence-electron chi connectivity index (χ3n) is 5.06. The molecule has 4 nitrogen and oxygen atoms in total. The smallest absolute Gasteiger partial charge is 0.323 e. The van der Waals surface area contributed by atoms with Crippen LogP contribution < -0.4 is 0 Å². The van der Waals surface area contributed by atoms with E-state index in [1.54, 1.807) is 22.9 Å². The molecule has 4 rings (SSSR count). The van der Waals surface area contributed by atoms with Gasteiger partial charge in [0.15, 0.2) is 0 Å². The molecular formula is C21H23N3OS. The van der Waals surface area contributed by atoms with Crippen LogP contribution in [0.25, 0.3) is 0 Å². The first kappa shape index (κ1) is 17.2. The first-order chi connectivity index (χ1) is 12.8. The summed E-state index contributed by atoms with van der Waals surface area (Å²) < 4.78 is 0. The van der Waals surface area contributed by atoms with E-state index >= 15 is 0 Å². The Morgan fingerprint density at radius 3 is 3.15 bits per heavy atom. The van der Waals surface area contributed by atoms with Crippen molar-refractivity contribution in [3.05, 3.63) is 76.6 Å². The minimum Gasteiger partial charge on any atom is -0.323 e. The van der Waals surface area contributed by atoms with Crippen LogP contribution in [0.4, 0.5) is 4.79 Å². The van der Waals surface area contributed by atoms with Crippen molar-refractivity contribution in [1.29, 1.82) is 0 Å². The number of nitrogens with zero attached hydrogens (tertiary/aromatic N) is 3. The minimum atomic E-state index is 0.0722. The van der Waals surface area contributed by atoms with E-state index in [-0.39, 0.29) is 6.03 Å². The second-order valence-electron chi connectivity index (χ2n) is 6.87. The summed E-state index contributed by atoms with van der Waals surface area (Å²) in [6.07, 6.45) is 18.3. The average molecular weight is 366 g/mol. The van der Waals surface area contributed by atoms with E-state index in [1.165, 1.54) is 16.0 Å². The highest BCUT2D eigenvalue weighted by molar-refractivity contribution is 8.05. The highest BCUT2D eigenvalue weighted by atomic mass is 32.2. The molecule has 134 valence electrons. The number of thioether (sulfide) groups is 1. The Morgan fingerprint density at radius 2 is 2.35 bits per heavy atom. The predicted octanol–water partition coefficient (Wildman–Crippen LogP) is 5.02. The Hall–Kier alpha value is -2.27. The van der Waals surface area contributed by atoms with E-state index in [4.69, 9.17) is 0 Å². The van der Waals surface area contributed by atoms with E-state index in [2.05, 4.69) is 29.3 Å². The summed E-state index contributed by atoms with van der Waals surface area (Å²) in [5.41, 5.74) is 2.66. The number of rotatable bonds is 3. The molecule has 3 aliphatic rings. The molecule has 2 aliphatic heterocycles. The molecule has 1 aromatic heterocycles. The molecule has 1 aromatic rings. The minimum absolute atomic E-state index is 0.0722. The molecule has 5 heteroatoms. The Labute approximate surface area is 159 Å². The molecule has 26 heavy (non-hydrogen) atoms. The quantitative estimate of drug-likeness (QED) is 0.755. The van der Waals surface area contributed by atoms with Crippen molar-refractivity contribution in [1.82, 2.24) is 14.8 Å². The molecular weight excluding hydrogens is 342 g/mol. The lowest BCUT2D eigenvalue weighted by Gasteiger charge is -2.26. The van der Waals surface area contributed by atoms with Gasteiger partial charge >= 0.3 is 6.03 Å². The normalized spacial score (nSPS) is 22.4. The number of carbonyl (C=O) groups is 1. The van der Waals surface area contributed by atoms with Gasteiger partial charge in [-0.25, -0.2) is 4.79 Å². The number of likely N-dealkylation sites (tertiary alicyclic amines) is 1. The van der Waals surface area contributed by atoms with E-state index < -0.39 is 0 Å². The fourth-order valence-electron chi connectivity index (χ4n) is 3.63. The molecule has 1 saturated heterocycles. The van der Waals surface area contributed by atoms with Gasteiger partial charge in [0, 0.05) is 55.1 Å². The number of carbonyl (C=O) groups excluding carboxylic acids is 1. The summed E-state index contributed by atoms with van der Waals surface area (Å²) in [6, 6.07) is 4.14. The van der Waals surface area contributed by atoms with Gasteiger partial charge in [-0.15, -0.1) is 0 Å². The summed E-state index contributed by atoms with van der Waals surface area (Å²) in [5, 5.41) is 2.02. The first-order valence-electron chi connectivity index (χ1n) is 9.15. The summed E-state index contributed by atoms with van der Waals surface area (Å²) in [6.45, 7) is 1.57. The fourth-order valence-corrected chi connectivity index (χ4v) is 4.44. The topological polar surface area (TPSA) is 36.4 Å². The molecule has 1 aliphatic carbocycles. The summed E-state index contributed by atoms with van der Waals surface area (Å²) in [4.78, 5) is 22.1. The van der Waals surface area contributed by atoms with Crippen LogP contribution in [0.15, 0.2) is 71.0 Å². The van der Waals surface area contributed by atoms with Crippen molar-refractivity contribution < 1.29 is 4.79 Å². The molecule has 0 spiro atoms. The second kappa shape index (κ2) is 7.96. The van der Waals surface area contributed by atoms with Gasteiger partial charge in [0.2, 0.25) is 0 Å². The number of urea groups is 1. The summed E-state index contributed by atoms with van der Waals surface area (Å²) in [5.74, 6) is 0.387. The number of amides is 2. The molecule has 1 atom stereocenters. The largest absolute Gasteiger partial charge is 0.328 e. The molecule has 3 heterocycles. The molecule has 0 bridgehead atoms. The van der Waals surface area contributed by atoms with Crippen LogP contribution in [0.2, 0.25) is 0 Å². The van der Waals surface area contributed by atoms with Gasteiger partial charge in [0.1, 0.15) is 0 Å². The van der Waals surface area contributed by atoms with Crippen LogP contribution in [0.3, 0.4) is 0 Å². The van der Waals surface area contributed by atoms with Gasteiger partial charge in [-0.1, -0.05) is 41.6 Å². The standard InChI is InChI=1S/C21H23N3OS/c25-21(23-10-8-19(15-23)18-7-4-9-22-14-18)24-11-12-26-20(16-24)13-17-5-2-1-3-6-17/h1-2,4-5,7,9,11-12,14,16,19H,3,6,8,10,13,15H2. The van der Waals surface area contributed by atoms with Crippen LogP contribution in [-0.2, 0) is 0 Å². The summed E-state index contributed by atoms with van der Waals surface area (Å²) >= 11 is 1.71. The maximum Gasteiger partial charge on any atom is 0.328 e. The van der Waals surface area contributed by atoms with Crippen molar-refractivity contribution in [2.45, 2.75) is 31.6 Å². The number of hydrogen-bond donors (Lipinski definition) is 0. The zero-order valence-corrected chi connectivity index (χ0v) is 15.6. The number of allylic oxidation sites excluding steroid dienone is 5. The van der Waals surface area contributed by atoms with Crippen molar-refractivity contribution in [2.24, 2.45) is 0 Å². The second-order valence-corrected chi connectivity index (χ2v) is 7.91. The van der Waals surface area contributed by atoms with E-state index in [1.807, 2.05) is 35.0 Å². The molecule has 0 N–H and O–H groups in total. The van der Waals surface area contributed by atoms with Gasteiger partial charge < -0.3 is 4.90 Å². The van der Waals surface area contributed by atoms with E-state index in [9.17, 15) is 4.79 Å². The predicted molar refractivity (Wildman–Crippen MR) is 106 cm³/mol. The van der Waals surface area contributed by atoms with Gasteiger partial charge in [-0.05, 0) is 36.3 Å². The monoisotopic (exact) mass is 365 g/mol. The van der Waals surface area contributed by atoms with Crippen LogP contribution in [-0.4, -0.2) is 33.9 Å². The zero-order chi connectivity index (χ0) is 17.8. The molecule has 1 unspecified atom stereocenters. The lowest BCUT2D eigenvalue weighted by atomic mass is 10.0. The van der Waals surface area contributed by atoms with Gasteiger partial charge in [-0.3, -0.25) is 9.88 Å². The fraction of sp³-hybridized carbons (Fsp3) is 0.333. The van der Waals surface area contributed by atoms with Crippen molar-refractivity contribution in [3.8, 4) is 0 Å². The lowest BCUT2D eigenvalue weighted by Crippen LogP contribution is -2.37. The molecule has 0 aromatic carbocycles. The van der Waals surface area contributed by atoms with Gasteiger partial charge in [0.25, 0.3) is 0 Å². The first-order valence-corrected chi connectivity index (χ1v) is 10.0. The zero-order valence-electron chi connectivity index (χ0n) is 14.8. The Morgan fingerprint density at radius 1 is 1.38 bits per heavy atom. The Balaban J connectivity index is 1.39. The van der Waals surface area contributed by atoms with Crippen LogP contribution in [0.5, 0.6) is 0 Å². The van der Waals surface area contributed by atoms with Crippen molar-refractivity contribution >= 4 is 17.8 Å². The highest BCUT2D eigenvalue weighted by Gasteiger charge is 2.30. The lowest BCUT2D eigenvalue weighted by molar-refractivity contribution is 0.191. The van der Waals surface area contributed by atoms with E-state index in [0.29, 0.717) is 5.92 Å². The molecule has 0 saturated carbocycles. The molecule has 2 amide bonds. The highest BCUT2D eigenvalue weighted by Crippen LogP contribution is 2.33. The maximum atomic E-state index is 12.9. The maximum absolute atomic E-state index is 12.9. The third-order valence-corrected chi connectivity index (χ3v) is 5.87. The molecule has 1 fully saturated rings. The number of aromatic nitrogens is 1. The van der Waals surface area contributed by atoms with Gasteiger partial charge in [0.05, 0.1) is 0 Å². The van der Waals surface area contributed by atoms with Crippen LogP contribution >= 0.6 is 11.8 Å². The third kappa shape index (κ3) is 3.93. The van der Waals surface area contributed by atoms with Crippen molar-refractivity contribution in [2.75, 3.05) is 13.1 Å². The van der Waals surface area contributed by atoms with E-state index in [0.717, 1.165) is 38.8 Å². The van der Waals surface area contributed by atoms with Crippen molar-refractivity contribution in [3.63, 3.8) is 0 Å². The van der Waals surface area contributed by atoms with Gasteiger partial charge in [-0.2, -0.15) is 0 Å². The Kier molecular flexibility index (Phi) is 5.25. The van der Waals surface area contributed by atoms with Crippen LogP contribution in [0.1, 0.15) is 37.2 Å². The molecule has 0 radical (unpaired) electrons.